The quantitative estimate of drug-likeness (QED) is 0.885. The average molecular weight is 274 g/mol. The summed E-state index contributed by atoms with van der Waals surface area (Å²) in [5.74, 6) is 0. The second-order valence-corrected chi connectivity index (χ2v) is 6.50. The lowest BCUT2D eigenvalue weighted by Crippen LogP contribution is -2.45. The molecule has 1 aliphatic rings. The lowest BCUT2D eigenvalue weighted by Gasteiger charge is -2.37. The summed E-state index contributed by atoms with van der Waals surface area (Å²) >= 11 is 0. The minimum absolute atomic E-state index is 0.204. The molecule has 1 aromatic rings. The first-order chi connectivity index (χ1) is 9.74. The molecule has 0 aliphatic carbocycles. The van der Waals surface area contributed by atoms with Crippen LogP contribution in [0, 0.1) is 0 Å². The smallest absolute Gasteiger partial charge is 0.0176 e. The molecule has 2 heteroatoms. The molecule has 1 atom stereocenters. The van der Waals surface area contributed by atoms with Crippen molar-refractivity contribution >= 4 is 0 Å². The maximum Gasteiger partial charge on any atom is 0.0176 e. The molecular formula is C18H30N2. The van der Waals surface area contributed by atoms with Gasteiger partial charge in [0.1, 0.15) is 0 Å². The number of nitrogens with zero attached hydrogens (tertiary/aromatic N) is 1. The molecule has 0 bridgehead atoms. The van der Waals surface area contributed by atoms with Crippen LogP contribution in [0.25, 0.3) is 0 Å². The van der Waals surface area contributed by atoms with Crippen LogP contribution in [0.15, 0.2) is 30.3 Å². The van der Waals surface area contributed by atoms with Crippen LogP contribution < -0.4 is 5.32 Å². The summed E-state index contributed by atoms with van der Waals surface area (Å²) < 4.78 is 0. The van der Waals surface area contributed by atoms with E-state index in [0.717, 1.165) is 13.1 Å². The fraction of sp³-hybridized carbons (Fsp3) is 0.667. The van der Waals surface area contributed by atoms with Crippen LogP contribution in [-0.2, 0) is 5.41 Å². The number of nitrogens with one attached hydrogen (secondary N) is 1. The maximum atomic E-state index is 3.40. The van der Waals surface area contributed by atoms with Gasteiger partial charge in [-0.2, -0.15) is 0 Å². The zero-order chi connectivity index (χ0) is 14.3. The van der Waals surface area contributed by atoms with Gasteiger partial charge >= 0.3 is 0 Å². The molecule has 0 radical (unpaired) electrons. The summed E-state index contributed by atoms with van der Waals surface area (Å²) in [7, 11) is 2.06. The highest BCUT2D eigenvalue weighted by Crippen LogP contribution is 2.25. The van der Waals surface area contributed by atoms with Crippen LogP contribution in [0.3, 0.4) is 0 Å². The average Bonchev–Trinajstić information content (AvgIpc) is 2.43. The Morgan fingerprint density at radius 1 is 1.00 bits per heavy atom. The molecular weight excluding hydrogens is 244 g/mol. The second-order valence-electron chi connectivity index (χ2n) is 6.50. The molecule has 0 aromatic heterocycles. The first kappa shape index (κ1) is 15.5. The van der Waals surface area contributed by atoms with Crippen LogP contribution in [-0.4, -0.2) is 38.1 Å². The van der Waals surface area contributed by atoms with Crippen molar-refractivity contribution in [3.8, 4) is 0 Å². The molecule has 1 unspecified atom stereocenters. The molecule has 0 saturated carbocycles. The van der Waals surface area contributed by atoms with Gasteiger partial charge < -0.3 is 10.2 Å². The summed E-state index contributed by atoms with van der Waals surface area (Å²) in [6, 6.07) is 11.0. The van der Waals surface area contributed by atoms with E-state index < -0.39 is 0 Å². The molecule has 0 spiro atoms. The van der Waals surface area contributed by atoms with Gasteiger partial charge in [0.2, 0.25) is 0 Å². The summed E-state index contributed by atoms with van der Waals surface area (Å²) in [6.07, 6.45) is 6.98. The Labute approximate surface area is 124 Å². The van der Waals surface area contributed by atoms with E-state index in [1.165, 1.54) is 50.8 Å². The first-order valence-corrected chi connectivity index (χ1v) is 8.17. The Morgan fingerprint density at radius 2 is 1.60 bits per heavy atom. The van der Waals surface area contributed by atoms with Crippen LogP contribution >= 0.6 is 0 Å². The van der Waals surface area contributed by atoms with Crippen molar-refractivity contribution in [1.29, 1.82) is 0 Å². The maximum absolute atomic E-state index is 3.40. The summed E-state index contributed by atoms with van der Waals surface area (Å²) in [5, 5.41) is 3.40. The highest BCUT2D eigenvalue weighted by atomic mass is 15.1. The van der Waals surface area contributed by atoms with E-state index in [4.69, 9.17) is 0 Å². The van der Waals surface area contributed by atoms with Gasteiger partial charge in [-0.05, 0) is 38.5 Å². The Balaban J connectivity index is 2.07. The van der Waals surface area contributed by atoms with E-state index in [1.807, 2.05) is 0 Å². The van der Waals surface area contributed by atoms with Gasteiger partial charge in [-0.25, -0.2) is 0 Å². The van der Waals surface area contributed by atoms with Crippen LogP contribution in [0.1, 0.15) is 44.6 Å². The zero-order valence-electron chi connectivity index (χ0n) is 13.2. The number of hydrogen-bond donors (Lipinski definition) is 1. The number of rotatable bonds is 5. The molecule has 20 heavy (non-hydrogen) atoms. The topological polar surface area (TPSA) is 15.3 Å². The van der Waals surface area contributed by atoms with Crippen molar-refractivity contribution in [3.63, 3.8) is 0 Å². The number of likely N-dealkylation sites (N-methyl/N-ethyl adjacent to an activating group) is 1. The first-order valence-electron chi connectivity index (χ1n) is 8.17. The molecule has 0 amide bonds. The van der Waals surface area contributed by atoms with Crippen LogP contribution in [0.5, 0.6) is 0 Å². The molecule has 1 N–H and O–H groups in total. The summed E-state index contributed by atoms with van der Waals surface area (Å²) in [5.41, 5.74) is 1.66. The standard InChI is InChI=1S/C18H30N2/c1-18(15-19-2,17-11-7-6-8-12-17)16-20-13-9-4-3-5-10-14-20/h6-8,11-12,19H,3-5,9-10,13-16H2,1-2H3. The number of likely N-dealkylation sites (tertiary alicyclic amines) is 1. The van der Waals surface area contributed by atoms with Crippen molar-refractivity contribution in [2.75, 3.05) is 33.2 Å². The van der Waals surface area contributed by atoms with Gasteiger partial charge in [-0.15, -0.1) is 0 Å². The Morgan fingerprint density at radius 3 is 2.20 bits per heavy atom. The highest BCUT2D eigenvalue weighted by molar-refractivity contribution is 5.25. The van der Waals surface area contributed by atoms with Gasteiger partial charge in [0.25, 0.3) is 0 Å². The lowest BCUT2D eigenvalue weighted by atomic mass is 9.81. The fourth-order valence-electron chi connectivity index (χ4n) is 3.44. The monoisotopic (exact) mass is 274 g/mol. The predicted octanol–water partition coefficient (Wildman–Crippen LogP) is 3.43. The Kier molecular flexibility index (Phi) is 6.06. The van der Waals surface area contributed by atoms with Crippen molar-refractivity contribution in [3.05, 3.63) is 35.9 Å². The van der Waals surface area contributed by atoms with E-state index in [1.54, 1.807) is 0 Å². The second kappa shape index (κ2) is 7.80. The summed E-state index contributed by atoms with van der Waals surface area (Å²) in [4.78, 5) is 2.68. The van der Waals surface area contributed by atoms with Crippen LogP contribution in [0.2, 0.25) is 0 Å². The van der Waals surface area contributed by atoms with Crippen LogP contribution in [0.4, 0.5) is 0 Å². The fourth-order valence-corrected chi connectivity index (χ4v) is 3.44. The minimum Gasteiger partial charge on any atom is -0.319 e. The third-order valence-electron chi connectivity index (χ3n) is 4.56. The largest absolute Gasteiger partial charge is 0.319 e. The molecule has 1 heterocycles. The molecule has 2 rings (SSSR count). The van der Waals surface area contributed by atoms with Gasteiger partial charge in [0.05, 0.1) is 0 Å². The number of hydrogen-bond acceptors (Lipinski definition) is 2. The van der Waals surface area contributed by atoms with E-state index in [-0.39, 0.29) is 5.41 Å². The van der Waals surface area contributed by atoms with E-state index in [2.05, 4.69) is 54.5 Å². The molecule has 1 aromatic carbocycles. The van der Waals surface area contributed by atoms with Crippen molar-refractivity contribution in [2.45, 2.75) is 44.4 Å². The SMILES string of the molecule is CNCC(C)(CN1CCCCCCC1)c1ccccc1. The molecule has 1 aliphatic heterocycles. The van der Waals surface area contributed by atoms with E-state index >= 15 is 0 Å². The summed E-state index contributed by atoms with van der Waals surface area (Å²) in [6.45, 7) is 7.14. The lowest BCUT2D eigenvalue weighted by molar-refractivity contribution is 0.196. The molecule has 1 fully saturated rings. The predicted molar refractivity (Wildman–Crippen MR) is 87.2 cm³/mol. The van der Waals surface area contributed by atoms with Crippen molar-refractivity contribution < 1.29 is 0 Å². The van der Waals surface area contributed by atoms with Crippen molar-refractivity contribution in [2.24, 2.45) is 0 Å². The molecule has 1 saturated heterocycles. The van der Waals surface area contributed by atoms with Crippen molar-refractivity contribution in [1.82, 2.24) is 10.2 Å². The van der Waals surface area contributed by atoms with E-state index in [9.17, 15) is 0 Å². The van der Waals surface area contributed by atoms with E-state index in [0.29, 0.717) is 0 Å². The van der Waals surface area contributed by atoms with Gasteiger partial charge in [0, 0.05) is 18.5 Å². The third kappa shape index (κ3) is 4.32. The minimum atomic E-state index is 0.204. The number of benzene rings is 1. The van der Waals surface area contributed by atoms with Gasteiger partial charge in [-0.3, -0.25) is 0 Å². The highest BCUT2D eigenvalue weighted by Gasteiger charge is 2.28. The third-order valence-corrected chi connectivity index (χ3v) is 4.56. The normalized spacial score (nSPS) is 20.9. The van der Waals surface area contributed by atoms with Gasteiger partial charge in [0.15, 0.2) is 0 Å². The Bertz CT molecular complexity index is 368. The zero-order valence-corrected chi connectivity index (χ0v) is 13.2. The van der Waals surface area contributed by atoms with Gasteiger partial charge in [-0.1, -0.05) is 56.5 Å². The Hall–Kier alpha value is -0.860. The molecule has 2 nitrogen and oxygen atoms in total. The molecule has 112 valence electrons.